The Morgan fingerprint density at radius 2 is 1.67 bits per heavy atom. The molecule has 9 atom stereocenters. The van der Waals surface area contributed by atoms with Gasteiger partial charge in [0.25, 0.3) is 0 Å². The Balaban J connectivity index is 2.03. The largest absolute Gasteiger partial charge is 0.461 e. The van der Waals surface area contributed by atoms with Crippen LogP contribution in [0.15, 0.2) is 11.6 Å². The Morgan fingerprint density at radius 3 is 2.22 bits per heavy atom. The highest BCUT2D eigenvalue weighted by Crippen LogP contribution is 2.67. The summed E-state index contributed by atoms with van der Waals surface area (Å²) in [5.41, 5.74) is -4.68. The van der Waals surface area contributed by atoms with Crippen LogP contribution in [0.5, 0.6) is 0 Å². The monoisotopic (exact) mass is 508 g/mol. The molecular weight excluding hydrogens is 476 g/mol. The Bertz CT molecular complexity index is 1050. The lowest BCUT2D eigenvalue weighted by atomic mass is 9.57. The number of hydrogen-bond acceptors (Lipinski definition) is 11. The lowest BCUT2D eigenvalue weighted by molar-refractivity contribution is -0.281. The maximum absolute atomic E-state index is 12.7. The molecule has 2 saturated heterocycles. The molecule has 4 aliphatic rings. The van der Waals surface area contributed by atoms with Crippen molar-refractivity contribution in [3.05, 3.63) is 11.6 Å². The molecule has 0 unspecified atom stereocenters. The zero-order valence-corrected chi connectivity index (χ0v) is 21.2. The first-order chi connectivity index (χ1) is 16.7. The molecule has 1 spiro atoms. The van der Waals surface area contributed by atoms with Gasteiger partial charge in [0.15, 0.2) is 17.8 Å². The summed E-state index contributed by atoms with van der Waals surface area (Å²) in [5.74, 6) is -5.36. The van der Waals surface area contributed by atoms with Gasteiger partial charge in [0, 0.05) is 52.4 Å². The van der Waals surface area contributed by atoms with E-state index in [1.165, 1.54) is 6.92 Å². The summed E-state index contributed by atoms with van der Waals surface area (Å²) < 4.78 is 29.2. The van der Waals surface area contributed by atoms with Crippen LogP contribution in [0.1, 0.15) is 54.4 Å². The zero-order valence-electron chi connectivity index (χ0n) is 21.2. The van der Waals surface area contributed by atoms with Crippen molar-refractivity contribution in [2.24, 2.45) is 17.8 Å². The van der Waals surface area contributed by atoms with Crippen molar-refractivity contribution in [2.75, 3.05) is 6.61 Å². The van der Waals surface area contributed by atoms with Crippen molar-refractivity contribution in [3.8, 4) is 0 Å². The zero-order chi connectivity index (χ0) is 26.8. The normalized spacial score (nSPS) is 42.5. The lowest BCUT2D eigenvalue weighted by Crippen LogP contribution is -2.69. The van der Waals surface area contributed by atoms with E-state index in [-0.39, 0.29) is 18.6 Å². The van der Waals surface area contributed by atoms with Crippen molar-refractivity contribution in [1.29, 1.82) is 0 Å². The fraction of sp³-hybridized carbons (Fsp3) is 0.720. The number of carbonyl (C=O) groups excluding carboxylic acids is 5. The summed E-state index contributed by atoms with van der Waals surface area (Å²) in [6, 6.07) is 0. The average molecular weight is 509 g/mol. The minimum Gasteiger partial charge on any atom is -0.461 e. The highest BCUT2D eigenvalue weighted by Gasteiger charge is 2.84. The van der Waals surface area contributed by atoms with Crippen molar-refractivity contribution in [3.63, 3.8) is 0 Å². The van der Waals surface area contributed by atoms with Crippen molar-refractivity contribution < 1.29 is 52.8 Å². The number of hydrogen-bond donors (Lipinski definition) is 1. The van der Waals surface area contributed by atoms with E-state index in [9.17, 15) is 29.1 Å². The third kappa shape index (κ3) is 3.58. The van der Waals surface area contributed by atoms with Crippen LogP contribution in [0, 0.1) is 17.8 Å². The van der Waals surface area contributed by atoms with Crippen molar-refractivity contribution in [1.82, 2.24) is 0 Å². The molecule has 198 valence electrons. The number of fused-ring (bicyclic) bond motifs is 4. The summed E-state index contributed by atoms with van der Waals surface area (Å²) in [6.07, 6.45) is -2.07. The maximum atomic E-state index is 12.7. The number of aliphatic hydroxyl groups is 1. The van der Waals surface area contributed by atoms with Gasteiger partial charge in [0.05, 0.1) is 5.60 Å². The number of rotatable bonds is 5. The minimum atomic E-state index is -1.93. The lowest BCUT2D eigenvalue weighted by Gasteiger charge is -2.56. The van der Waals surface area contributed by atoms with Crippen LogP contribution in [0.25, 0.3) is 0 Å². The van der Waals surface area contributed by atoms with Crippen LogP contribution in [-0.2, 0) is 47.7 Å². The van der Waals surface area contributed by atoms with E-state index in [4.69, 9.17) is 23.7 Å². The molecule has 0 aromatic rings. The number of carbonyl (C=O) groups is 5. The molecule has 2 heterocycles. The second-order valence-corrected chi connectivity index (χ2v) is 10.4. The van der Waals surface area contributed by atoms with Gasteiger partial charge in [-0.3, -0.25) is 24.0 Å². The number of ketones is 1. The highest BCUT2D eigenvalue weighted by atomic mass is 16.7. The van der Waals surface area contributed by atoms with Gasteiger partial charge in [-0.15, -0.1) is 0 Å². The molecule has 11 heteroatoms. The average Bonchev–Trinajstić information content (AvgIpc) is 3.15. The molecule has 0 aromatic heterocycles. The van der Waals surface area contributed by atoms with Gasteiger partial charge in [-0.25, -0.2) is 0 Å². The van der Waals surface area contributed by atoms with Gasteiger partial charge in [0.2, 0.25) is 5.60 Å². The molecule has 2 aliphatic heterocycles. The van der Waals surface area contributed by atoms with Crippen LogP contribution < -0.4 is 0 Å². The van der Waals surface area contributed by atoms with E-state index in [2.05, 4.69) is 0 Å². The fourth-order valence-corrected chi connectivity index (χ4v) is 7.00. The molecular formula is C25H32O11. The summed E-state index contributed by atoms with van der Waals surface area (Å²) in [5, 5.41) is 12.4. The first-order valence-corrected chi connectivity index (χ1v) is 12.0. The van der Waals surface area contributed by atoms with Gasteiger partial charge in [-0.05, 0) is 18.4 Å². The third-order valence-electron chi connectivity index (χ3n) is 8.04. The quantitative estimate of drug-likeness (QED) is 0.319. The number of Topliss-reactive ketones (excluding diaryl/α,β-unsaturated/α-hetero) is 1. The van der Waals surface area contributed by atoms with Crippen LogP contribution in [0.2, 0.25) is 0 Å². The third-order valence-corrected chi connectivity index (χ3v) is 8.04. The summed E-state index contributed by atoms with van der Waals surface area (Å²) in [7, 11) is 0. The Morgan fingerprint density at radius 1 is 1.03 bits per heavy atom. The second-order valence-electron chi connectivity index (χ2n) is 10.4. The molecule has 0 amide bonds. The number of esters is 4. The standard InChI is InChI=1S/C25H32O11/c1-11-7-19-24(31)12(2)8-17(30)9-18(24)21-23(35-16(6)29,10-32-13(3)26)22(34-15(5)28)25(19,36-21)20(11)33-14(4)27/h7,12,18-22,31H,8-10H2,1-6H3/t12-,18-,19+,20+,21-,22-,23+,24-,25-/m1/s1. The smallest absolute Gasteiger partial charge is 0.303 e. The molecule has 0 aromatic carbocycles. The van der Waals surface area contributed by atoms with Crippen molar-refractivity contribution in [2.45, 2.75) is 89.5 Å². The molecule has 11 nitrogen and oxygen atoms in total. The van der Waals surface area contributed by atoms with E-state index >= 15 is 0 Å². The van der Waals surface area contributed by atoms with E-state index in [1.807, 2.05) is 0 Å². The fourth-order valence-electron chi connectivity index (χ4n) is 7.00. The SMILES string of the molecule is CC(=O)OC[C@]1(OC(C)=O)[C@@H]2O[C@@]3([C@@H]1OC(C)=O)[C@@H](OC(C)=O)C(C)=C[C@H]3[C@@]1(O)[C@H](C)CC(=O)C[C@H]21. The van der Waals surface area contributed by atoms with Gasteiger partial charge in [-0.1, -0.05) is 13.0 Å². The summed E-state index contributed by atoms with van der Waals surface area (Å²) in [4.78, 5) is 61.7. The van der Waals surface area contributed by atoms with Crippen LogP contribution in [0.4, 0.5) is 0 Å². The molecule has 3 fully saturated rings. The molecule has 4 rings (SSSR count). The second kappa shape index (κ2) is 8.65. The Kier molecular flexibility index (Phi) is 6.32. The van der Waals surface area contributed by atoms with Crippen molar-refractivity contribution >= 4 is 29.7 Å². The summed E-state index contributed by atoms with van der Waals surface area (Å²) >= 11 is 0. The van der Waals surface area contributed by atoms with Gasteiger partial charge < -0.3 is 28.8 Å². The van der Waals surface area contributed by atoms with Crippen LogP contribution in [0.3, 0.4) is 0 Å². The number of ether oxygens (including phenoxy) is 5. The topological polar surface area (TPSA) is 152 Å². The highest BCUT2D eigenvalue weighted by molar-refractivity contribution is 5.81. The maximum Gasteiger partial charge on any atom is 0.303 e. The van der Waals surface area contributed by atoms with Gasteiger partial charge in [-0.2, -0.15) is 0 Å². The first-order valence-electron chi connectivity index (χ1n) is 12.0. The van der Waals surface area contributed by atoms with E-state index in [1.54, 1.807) is 19.9 Å². The molecule has 1 N–H and O–H groups in total. The van der Waals surface area contributed by atoms with Crippen LogP contribution >= 0.6 is 0 Å². The van der Waals surface area contributed by atoms with Crippen LogP contribution in [-0.4, -0.2) is 76.5 Å². The summed E-state index contributed by atoms with van der Waals surface area (Å²) in [6.45, 7) is 7.54. The molecule has 1 saturated carbocycles. The van der Waals surface area contributed by atoms with E-state index in [0.717, 1.165) is 20.8 Å². The van der Waals surface area contributed by atoms with Gasteiger partial charge in [0.1, 0.15) is 18.5 Å². The first kappa shape index (κ1) is 26.3. The predicted octanol–water partition coefficient (Wildman–Crippen LogP) is 0.788. The van der Waals surface area contributed by atoms with E-state index in [0.29, 0.717) is 5.57 Å². The predicted molar refractivity (Wildman–Crippen MR) is 119 cm³/mol. The molecule has 36 heavy (non-hydrogen) atoms. The molecule has 2 bridgehead atoms. The Hall–Kier alpha value is -2.79. The molecule has 2 aliphatic carbocycles. The molecule has 0 radical (unpaired) electrons. The van der Waals surface area contributed by atoms with Gasteiger partial charge >= 0.3 is 23.9 Å². The minimum absolute atomic E-state index is 0.0974. The van der Waals surface area contributed by atoms with E-state index < -0.39 is 83.4 Å². The Labute approximate surface area is 208 Å².